The number of anilines is 1. The van der Waals surface area contributed by atoms with Gasteiger partial charge in [-0.05, 0) is 19.8 Å². The molecule has 0 aliphatic heterocycles. The van der Waals surface area contributed by atoms with Crippen molar-refractivity contribution < 1.29 is 0 Å². The van der Waals surface area contributed by atoms with Gasteiger partial charge in [-0.1, -0.05) is 26.7 Å². The van der Waals surface area contributed by atoms with E-state index in [4.69, 9.17) is 0 Å². The first-order valence-electron chi connectivity index (χ1n) is 7.51. The summed E-state index contributed by atoms with van der Waals surface area (Å²) in [5, 5.41) is 3.36. The van der Waals surface area contributed by atoms with Crippen LogP contribution < -0.4 is 10.2 Å². The first-order chi connectivity index (χ1) is 9.20. The Balaban J connectivity index is 1.99. The highest BCUT2D eigenvalue weighted by molar-refractivity contribution is 5.37. The topological polar surface area (TPSA) is 41.1 Å². The molecule has 19 heavy (non-hydrogen) atoms. The van der Waals surface area contributed by atoms with Crippen molar-refractivity contribution >= 4 is 5.82 Å². The van der Waals surface area contributed by atoms with E-state index in [1.54, 1.807) is 0 Å². The van der Waals surface area contributed by atoms with E-state index in [2.05, 4.69) is 41.0 Å². The minimum atomic E-state index is 0.479. The number of hydrogen-bond donors (Lipinski definition) is 1. The van der Waals surface area contributed by atoms with Crippen LogP contribution in [-0.4, -0.2) is 28.6 Å². The maximum atomic E-state index is 4.60. The second kappa shape index (κ2) is 6.85. The monoisotopic (exact) mass is 262 g/mol. The van der Waals surface area contributed by atoms with E-state index in [1.807, 2.05) is 12.4 Å². The maximum absolute atomic E-state index is 4.60. The molecule has 0 atom stereocenters. The Kier molecular flexibility index (Phi) is 5.14. The SMILES string of the molecule is CCN(c1cnc(CNC(C)C)cn1)C1CCCC1. The van der Waals surface area contributed by atoms with Gasteiger partial charge in [-0.15, -0.1) is 0 Å². The lowest BCUT2D eigenvalue weighted by Gasteiger charge is -2.28. The van der Waals surface area contributed by atoms with E-state index in [0.29, 0.717) is 12.1 Å². The first-order valence-corrected chi connectivity index (χ1v) is 7.51. The van der Waals surface area contributed by atoms with Crippen molar-refractivity contribution in [2.75, 3.05) is 11.4 Å². The third kappa shape index (κ3) is 3.90. The molecule has 2 rings (SSSR count). The van der Waals surface area contributed by atoms with E-state index in [-0.39, 0.29) is 0 Å². The standard InChI is InChI=1S/C15H26N4/c1-4-19(14-7-5-6-8-14)15-11-17-13(10-18-15)9-16-12(2)3/h10-12,14,16H,4-9H2,1-3H3. The summed E-state index contributed by atoms with van der Waals surface area (Å²) in [6, 6.07) is 1.14. The van der Waals surface area contributed by atoms with Crippen molar-refractivity contribution in [2.45, 2.75) is 65.1 Å². The molecular formula is C15H26N4. The van der Waals surface area contributed by atoms with Crippen molar-refractivity contribution in [2.24, 2.45) is 0 Å². The normalized spacial score (nSPS) is 16.2. The van der Waals surface area contributed by atoms with Gasteiger partial charge in [-0.3, -0.25) is 4.98 Å². The highest BCUT2D eigenvalue weighted by Gasteiger charge is 2.22. The molecule has 0 amide bonds. The van der Waals surface area contributed by atoms with Crippen molar-refractivity contribution in [3.05, 3.63) is 18.1 Å². The fraction of sp³-hybridized carbons (Fsp3) is 0.733. The summed E-state index contributed by atoms with van der Waals surface area (Å²) in [6.45, 7) is 8.29. The molecule has 1 heterocycles. The lowest BCUT2D eigenvalue weighted by atomic mass is 10.2. The van der Waals surface area contributed by atoms with Crippen LogP contribution in [-0.2, 0) is 6.54 Å². The third-order valence-corrected chi connectivity index (χ3v) is 3.78. The predicted octanol–water partition coefficient (Wildman–Crippen LogP) is 2.74. The second-order valence-corrected chi connectivity index (χ2v) is 5.63. The van der Waals surface area contributed by atoms with Gasteiger partial charge in [0.25, 0.3) is 0 Å². The highest BCUT2D eigenvalue weighted by atomic mass is 15.2. The van der Waals surface area contributed by atoms with Gasteiger partial charge < -0.3 is 10.2 Å². The molecule has 1 N–H and O–H groups in total. The average Bonchev–Trinajstić information content (AvgIpc) is 2.92. The maximum Gasteiger partial charge on any atom is 0.147 e. The van der Waals surface area contributed by atoms with E-state index < -0.39 is 0 Å². The van der Waals surface area contributed by atoms with Gasteiger partial charge in [0.1, 0.15) is 5.82 Å². The fourth-order valence-electron chi connectivity index (χ4n) is 2.72. The van der Waals surface area contributed by atoms with Crippen LogP contribution in [0.5, 0.6) is 0 Å². The Morgan fingerprint density at radius 3 is 2.53 bits per heavy atom. The van der Waals surface area contributed by atoms with Crippen molar-refractivity contribution in [3.63, 3.8) is 0 Å². The zero-order chi connectivity index (χ0) is 13.7. The molecule has 1 aliphatic carbocycles. The lowest BCUT2D eigenvalue weighted by Crippen LogP contribution is -2.33. The summed E-state index contributed by atoms with van der Waals surface area (Å²) >= 11 is 0. The molecule has 0 aromatic carbocycles. The zero-order valence-corrected chi connectivity index (χ0v) is 12.4. The Bertz CT molecular complexity index is 368. The minimum Gasteiger partial charge on any atom is -0.353 e. The molecule has 106 valence electrons. The number of rotatable bonds is 6. The number of nitrogens with one attached hydrogen (secondary N) is 1. The summed E-state index contributed by atoms with van der Waals surface area (Å²) in [4.78, 5) is 11.5. The van der Waals surface area contributed by atoms with Gasteiger partial charge in [0, 0.05) is 25.2 Å². The number of aromatic nitrogens is 2. The number of nitrogens with zero attached hydrogens (tertiary/aromatic N) is 3. The van der Waals surface area contributed by atoms with Crippen LogP contribution in [0.25, 0.3) is 0 Å². The summed E-state index contributed by atoms with van der Waals surface area (Å²) in [7, 11) is 0. The Labute approximate surface area is 116 Å². The van der Waals surface area contributed by atoms with E-state index in [9.17, 15) is 0 Å². The molecule has 0 bridgehead atoms. The van der Waals surface area contributed by atoms with Gasteiger partial charge in [0.2, 0.25) is 0 Å². The van der Waals surface area contributed by atoms with Gasteiger partial charge in [-0.25, -0.2) is 4.98 Å². The lowest BCUT2D eigenvalue weighted by molar-refractivity contribution is 0.578. The van der Waals surface area contributed by atoms with Crippen LogP contribution in [0.1, 0.15) is 52.1 Å². The van der Waals surface area contributed by atoms with Crippen molar-refractivity contribution in [1.82, 2.24) is 15.3 Å². The molecule has 4 heteroatoms. The second-order valence-electron chi connectivity index (χ2n) is 5.63. The van der Waals surface area contributed by atoms with Gasteiger partial charge in [0.15, 0.2) is 0 Å². The fourth-order valence-corrected chi connectivity index (χ4v) is 2.72. The summed E-state index contributed by atoms with van der Waals surface area (Å²) in [6.07, 6.45) is 9.13. The van der Waals surface area contributed by atoms with Crippen LogP contribution in [0.2, 0.25) is 0 Å². The largest absolute Gasteiger partial charge is 0.353 e. The number of hydrogen-bond acceptors (Lipinski definition) is 4. The summed E-state index contributed by atoms with van der Waals surface area (Å²) < 4.78 is 0. The van der Waals surface area contributed by atoms with Crippen LogP contribution in [0.15, 0.2) is 12.4 Å². The average molecular weight is 262 g/mol. The van der Waals surface area contributed by atoms with Gasteiger partial charge in [0.05, 0.1) is 18.1 Å². The molecule has 0 saturated heterocycles. The van der Waals surface area contributed by atoms with Crippen molar-refractivity contribution in [3.8, 4) is 0 Å². The quantitative estimate of drug-likeness (QED) is 0.856. The smallest absolute Gasteiger partial charge is 0.147 e. The summed E-state index contributed by atoms with van der Waals surface area (Å²) in [5.74, 6) is 1.03. The molecule has 1 saturated carbocycles. The molecule has 1 aromatic heterocycles. The van der Waals surface area contributed by atoms with Crippen LogP contribution in [0.4, 0.5) is 5.82 Å². The first kappa shape index (κ1) is 14.3. The molecule has 0 unspecified atom stereocenters. The van der Waals surface area contributed by atoms with Crippen LogP contribution >= 0.6 is 0 Å². The molecule has 1 aliphatic rings. The minimum absolute atomic E-state index is 0.479. The molecular weight excluding hydrogens is 236 g/mol. The Hall–Kier alpha value is -1.16. The van der Waals surface area contributed by atoms with Crippen LogP contribution in [0.3, 0.4) is 0 Å². The summed E-state index contributed by atoms with van der Waals surface area (Å²) in [5.41, 5.74) is 1.01. The molecule has 1 aromatic rings. The predicted molar refractivity (Wildman–Crippen MR) is 79.3 cm³/mol. The van der Waals surface area contributed by atoms with Crippen molar-refractivity contribution in [1.29, 1.82) is 0 Å². The van der Waals surface area contributed by atoms with Gasteiger partial charge in [-0.2, -0.15) is 0 Å². The molecule has 1 fully saturated rings. The van der Waals surface area contributed by atoms with E-state index >= 15 is 0 Å². The van der Waals surface area contributed by atoms with Gasteiger partial charge >= 0.3 is 0 Å². The van der Waals surface area contributed by atoms with E-state index in [0.717, 1.165) is 24.6 Å². The van der Waals surface area contributed by atoms with E-state index in [1.165, 1.54) is 25.7 Å². The zero-order valence-electron chi connectivity index (χ0n) is 12.4. The Morgan fingerprint density at radius 2 is 2.00 bits per heavy atom. The molecule has 4 nitrogen and oxygen atoms in total. The molecule has 0 spiro atoms. The molecule has 0 radical (unpaired) electrons. The Morgan fingerprint density at radius 1 is 1.26 bits per heavy atom. The highest BCUT2D eigenvalue weighted by Crippen LogP contribution is 2.26. The third-order valence-electron chi connectivity index (χ3n) is 3.78. The van der Waals surface area contributed by atoms with Crippen LogP contribution in [0, 0.1) is 0 Å².